The lowest BCUT2D eigenvalue weighted by atomic mass is 10.1. The molecule has 1 atom stereocenters. The first kappa shape index (κ1) is 23.5. The lowest BCUT2D eigenvalue weighted by Gasteiger charge is -2.32. The van der Waals surface area contributed by atoms with Crippen LogP contribution in [-0.2, 0) is 13.0 Å². The van der Waals surface area contributed by atoms with Gasteiger partial charge in [0.05, 0.1) is 26.7 Å². The van der Waals surface area contributed by atoms with E-state index in [2.05, 4.69) is 29.3 Å². The number of rotatable bonds is 12. The van der Waals surface area contributed by atoms with Crippen molar-refractivity contribution < 1.29 is 19.5 Å². The molecular weight excluding hydrogens is 390 g/mol. The van der Waals surface area contributed by atoms with Crippen LogP contribution in [0.4, 0.5) is 0 Å². The molecule has 0 aliphatic carbocycles. The van der Waals surface area contributed by atoms with E-state index in [9.17, 15) is 5.11 Å². The number of β-amino-alcohol motifs (C(OH)–C–C–N with tert-alkyl or cyclic N) is 1. The monoisotopic (exact) mass is 428 g/mol. The molecule has 3 N–H and O–H groups in total. The number of aliphatic hydroxyl groups excluding tert-OH is 1. The van der Waals surface area contributed by atoms with E-state index in [0.717, 1.165) is 57.2 Å². The maximum atomic E-state index is 10.4. The molecule has 1 aliphatic rings. The van der Waals surface area contributed by atoms with Gasteiger partial charge in [-0.25, -0.2) is 0 Å². The van der Waals surface area contributed by atoms with Crippen LogP contribution in [0.2, 0.25) is 0 Å². The first-order valence-corrected chi connectivity index (χ1v) is 11.5. The molecule has 6 heteroatoms. The molecule has 3 rings (SSSR count). The molecule has 0 radical (unpaired) electrons. The van der Waals surface area contributed by atoms with Gasteiger partial charge in [0, 0.05) is 26.2 Å². The van der Waals surface area contributed by atoms with Gasteiger partial charge in [-0.15, -0.1) is 0 Å². The third-order valence-electron chi connectivity index (χ3n) is 5.97. The van der Waals surface area contributed by atoms with Crippen molar-refractivity contribution in [1.82, 2.24) is 10.2 Å². The van der Waals surface area contributed by atoms with Crippen molar-refractivity contribution in [2.45, 2.75) is 26.0 Å². The Bertz CT molecular complexity index is 778. The van der Waals surface area contributed by atoms with E-state index < -0.39 is 6.10 Å². The van der Waals surface area contributed by atoms with Gasteiger partial charge in [0.2, 0.25) is 0 Å². The molecule has 0 bridgehead atoms. The van der Waals surface area contributed by atoms with Crippen molar-refractivity contribution in [3.05, 3.63) is 59.7 Å². The van der Waals surface area contributed by atoms with Gasteiger partial charge in [0.1, 0.15) is 24.2 Å². The summed E-state index contributed by atoms with van der Waals surface area (Å²) in [7, 11) is 1.71. The Balaban J connectivity index is 1.36. The number of para-hydroxylation sites is 1. The SMILES string of the molecule is CC[NH+]1CCN(CC(O)COc2cccc(CNCCc3ccccc3OC)c2)CC1. The second-order valence-corrected chi connectivity index (χ2v) is 8.26. The Hall–Kier alpha value is -2.12. The smallest absolute Gasteiger partial charge is 0.122 e. The molecule has 2 aromatic rings. The highest BCUT2D eigenvalue weighted by atomic mass is 16.5. The predicted octanol–water partition coefficient (Wildman–Crippen LogP) is 0.988. The van der Waals surface area contributed by atoms with Gasteiger partial charge in [-0.1, -0.05) is 30.3 Å². The van der Waals surface area contributed by atoms with Crippen LogP contribution in [0.5, 0.6) is 11.5 Å². The molecule has 0 saturated carbocycles. The number of methoxy groups -OCH3 is 1. The number of piperazine rings is 1. The van der Waals surface area contributed by atoms with Crippen LogP contribution in [0.15, 0.2) is 48.5 Å². The first-order valence-electron chi connectivity index (χ1n) is 11.5. The number of nitrogens with zero attached hydrogens (tertiary/aromatic N) is 1. The maximum Gasteiger partial charge on any atom is 0.122 e. The van der Waals surface area contributed by atoms with Gasteiger partial charge in [-0.2, -0.15) is 0 Å². The Morgan fingerprint density at radius 2 is 1.94 bits per heavy atom. The number of aliphatic hydroxyl groups is 1. The van der Waals surface area contributed by atoms with E-state index in [-0.39, 0.29) is 0 Å². The molecule has 1 aliphatic heterocycles. The van der Waals surface area contributed by atoms with Crippen molar-refractivity contribution in [3.8, 4) is 11.5 Å². The standard InChI is InChI=1S/C25H37N3O3/c1-3-27-13-15-28(16-14-27)19-23(29)20-31-24-9-6-7-21(17-24)18-26-12-11-22-8-4-5-10-25(22)30-2/h4-10,17,23,26,29H,3,11-16,18-20H2,1-2H3/p+1. The molecule has 1 fully saturated rings. The van der Waals surface area contributed by atoms with Gasteiger partial charge >= 0.3 is 0 Å². The van der Waals surface area contributed by atoms with Gasteiger partial charge in [0.15, 0.2) is 0 Å². The zero-order chi connectivity index (χ0) is 21.9. The molecule has 1 heterocycles. The van der Waals surface area contributed by atoms with Crippen LogP contribution in [0.1, 0.15) is 18.1 Å². The molecule has 6 nitrogen and oxygen atoms in total. The predicted molar refractivity (Wildman–Crippen MR) is 124 cm³/mol. The summed E-state index contributed by atoms with van der Waals surface area (Å²) in [5.74, 6) is 1.75. The topological polar surface area (TPSA) is 58.4 Å². The average Bonchev–Trinajstić information content (AvgIpc) is 2.81. The number of ether oxygens (including phenoxy) is 2. The lowest BCUT2D eigenvalue weighted by Crippen LogP contribution is -3.14. The van der Waals surface area contributed by atoms with Crippen LogP contribution < -0.4 is 19.7 Å². The second kappa shape index (κ2) is 12.7. The van der Waals surface area contributed by atoms with E-state index >= 15 is 0 Å². The van der Waals surface area contributed by atoms with E-state index in [1.54, 1.807) is 12.0 Å². The molecule has 170 valence electrons. The highest BCUT2D eigenvalue weighted by Gasteiger charge is 2.20. The highest BCUT2D eigenvalue weighted by molar-refractivity contribution is 5.33. The number of hydrogen-bond donors (Lipinski definition) is 3. The number of hydrogen-bond acceptors (Lipinski definition) is 5. The summed E-state index contributed by atoms with van der Waals surface area (Å²) >= 11 is 0. The van der Waals surface area contributed by atoms with E-state index in [4.69, 9.17) is 9.47 Å². The van der Waals surface area contributed by atoms with E-state index in [1.807, 2.05) is 36.4 Å². The average molecular weight is 429 g/mol. The zero-order valence-electron chi connectivity index (χ0n) is 19.0. The van der Waals surface area contributed by atoms with E-state index in [1.165, 1.54) is 17.7 Å². The molecule has 1 unspecified atom stereocenters. The molecule has 0 spiro atoms. The molecule has 1 saturated heterocycles. The van der Waals surface area contributed by atoms with Crippen LogP contribution in [0.3, 0.4) is 0 Å². The fourth-order valence-corrected chi connectivity index (χ4v) is 4.06. The summed E-state index contributed by atoms with van der Waals surface area (Å²) in [6.07, 6.45) is 0.450. The van der Waals surface area contributed by atoms with Gasteiger partial charge in [-0.3, -0.25) is 4.90 Å². The summed E-state index contributed by atoms with van der Waals surface area (Å²) < 4.78 is 11.3. The fourth-order valence-electron chi connectivity index (χ4n) is 4.06. The molecule has 0 amide bonds. The molecule has 31 heavy (non-hydrogen) atoms. The Morgan fingerprint density at radius 1 is 1.13 bits per heavy atom. The normalized spacial score (nSPS) is 16.2. The van der Waals surface area contributed by atoms with Crippen LogP contribution in [-0.4, -0.2) is 75.6 Å². The summed E-state index contributed by atoms with van der Waals surface area (Å²) in [4.78, 5) is 3.99. The minimum atomic E-state index is -0.467. The minimum Gasteiger partial charge on any atom is -0.496 e. The Labute approximate surface area is 186 Å². The first-order chi connectivity index (χ1) is 15.2. The van der Waals surface area contributed by atoms with Crippen LogP contribution >= 0.6 is 0 Å². The minimum absolute atomic E-state index is 0.325. The number of likely N-dealkylation sites (N-methyl/N-ethyl adjacent to an activating group) is 1. The summed E-state index contributed by atoms with van der Waals surface area (Å²) in [5.41, 5.74) is 2.38. The number of nitrogens with one attached hydrogen (secondary N) is 2. The molecule has 0 aromatic heterocycles. The van der Waals surface area contributed by atoms with Crippen LogP contribution in [0, 0.1) is 0 Å². The summed E-state index contributed by atoms with van der Waals surface area (Å²) in [5, 5.41) is 13.9. The number of benzene rings is 2. The van der Waals surface area contributed by atoms with Crippen molar-refractivity contribution in [2.24, 2.45) is 0 Å². The van der Waals surface area contributed by atoms with Crippen molar-refractivity contribution in [1.29, 1.82) is 0 Å². The van der Waals surface area contributed by atoms with Crippen molar-refractivity contribution >= 4 is 0 Å². The summed E-state index contributed by atoms with van der Waals surface area (Å²) in [6, 6.07) is 16.2. The third kappa shape index (κ3) is 7.82. The fraction of sp³-hybridized carbons (Fsp3) is 0.520. The Morgan fingerprint density at radius 3 is 2.71 bits per heavy atom. The zero-order valence-corrected chi connectivity index (χ0v) is 19.0. The Kier molecular flexibility index (Phi) is 9.62. The third-order valence-corrected chi connectivity index (χ3v) is 5.97. The molecule has 2 aromatic carbocycles. The molecular formula is C25H38N3O3+. The highest BCUT2D eigenvalue weighted by Crippen LogP contribution is 2.17. The van der Waals surface area contributed by atoms with Crippen molar-refractivity contribution in [2.75, 3.05) is 59.5 Å². The summed E-state index contributed by atoms with van der Waals surface area (Å²) in [6.45, 7) is 10.5. The van der Waals surface area contributed by atoms with Gasteiger partial charge < -0.3 is 24.8 Å². The maximum absolute atomic E-state index is 10.4. The van der Waals surface area contributed by atoms with Crippen LogP contribution in [0.25, 0.3) is 0 Å². The van der Waals surface area contributed by atoms with Gasteiger partial charge in [0.25, 0.3) is 0 Å². The van der Waals surface area contributed by atoms with Gasteiger partial charge in [-0.05, 0) is 49.2 Å². The largest absolute Gasteiger partial charge is 0.496 e. The number of quaternary nitrogens is 1. The lowest BCUT2D eigenvalue weighted by molar-refractivity contribution is -0.902. The quantitative estimate of drug-likeness (QED) is 0.440. The second-order valence-electron chi connectivity index (χ2n) is 8.26. The van der Waals surface area contributed by atoms with Crippen molar-refractivity contribution in [3.63, 3.8) is 0 Å². The van der Waals surface area contributed by atoms with E-state index in [0.29, 0.717) is 13.2 Å².